The third-order valence-corrected chi connectivity index (χ3v) is 2.99. The molecule has 0 aromatic carbocycles. The first-order valence-corrected chi connectivity index (χ1v) is 5.40. The summed E-state index contributed by atoms with van der Waals surface area (Å²) >= 11 is 4.05. The van der Waals surface area contributed by atoms with Crippen molar-refractivity contribution in [2.75, 3.05) is 33.7 Å². The number of likely N-dealkylation sites (tertiary alicyclic amines) is 1. The molecule has 0 bridgehead atoms. The van der Waals surface area contributed by atoms with Crippen LogP contribution in [-0.2, 0) is 4.79 Å². The van der Waals surface area contributed by atoms with Crippen LogP contribution in [0.25, 0.3) is 0 Å². The van der Waals surface area contributed by atoms with Gasteiger partial charge in [-0.05, 0) is 12.8 Å². The average molecular weight is 217 g/mol. The van der Waals surface area contributed by atoms with Gasteiger partial charge < -0.3 is 4.90 Å². The second kappa shape index (κ2) is 5.58. The zero-order valence-corrected chi connectivity index (χ0v) is 9.76. The van der Waals surface area contributed by atoms with E-state index in [4.69, 9.17) is 0 Å². The van der Waals surface area contributed by atoms with Crippen molar-refractivity contribution in [3.05, 3.63) is 0 Å². The molecule has 82 valence electrons. The lowest BCUT2D eigenvalue weighted by atomic mass is 10.1. The van der Waals surface area contributed by atoms with Crippen molar-refractivity contribution in [3.8, 4) is 0 Å². The maximum absolute atomic E-state index is 11.4. The molecule has 0 atom stereocenters. The van der Waals surface area contributed by atoms with E-state index in [1.165, 1.54) is 0 Å². The highest BCUT2D eigenvalue weighted by Gasteiger charge is 2.20. The van der Waals surface area contributed by atoms with E-state index < -0.39 is 0 Å². The van der Waals surface area contributed by atoms with E-state index in [1.54, 1.807) is 19.0 Å². The number of hydrogen-bond donors (Lipinski definition) is 2. The highest BCUT2D eigenvalue weighted by atomic mass is 32.1. The van der Waals surface area contributed by atoms with Gasteiger partial charge in [-0.2, -0.15) is 0 Å². The van der Waals surface area contributed by atoms with Crippen LogP contribution in [0.1, 0.15) is 12.8 Å². The molecule has 1 rings (SSSR count). The van der Waals surface area contributed by atoms with Crippen LogP contribution in [0.4, 0.5) is 0 Å². The van der Waals surface area contributed by atoms with Crippen LogP contribution in [0.15, 0.2) is 0 Å². The highest BCUT2D eigenvalue weighted by molar-refractivity contribution is 7.78. The van der Waals surface area contributed by atoms with Gasteiger partial charge in [-0.3, -0.25) is 14.4 Å². The number of nitrogens with zero attached hydrogens (tertiary/aromatic N) is 2. The van der Waals surface area contributed by atoms with E-state index in [2.05, 4.69) is 22.4 Å². The van der Waals surface area contributed by atoms with Crippen molar-refractivity contribution < 1.29 is 4.79 Å². The number of nitrogens with one attached hydrogen (secondary N) is 1. The van der Waals surface area contributed by atoms with Crippen LogP contribution in [-0.4, -0.2) is 55.5 Å². The molecule has 1 aliphatic rings. The van der Waals surface area contributed by atoms with Crippen LogP contribution in [0.5, 0.6) is 0 Å². The van der Waals surface area contributed by atoms with Crippen LogP contribution < -0.4 is 4.72 Å². The van der Waals surface area contributed by atoms with Crippen LogP contribution in [0.3, 0.4) is 0 Å². The van der Waals surface area contributed by atoms with E-state index in [1.807, 2.05) is 0 Å². The fraction of sp³-hybridized carbons (Fsp3) is 0.889. The summed E-state index contributed by atoms with van der Waals surface area (Å²) in [7, 11) is 3.59. The standard InChI is InChI=1S/C9H19N3OS/c1-11(2)9(13)7-12-5-3-8(10-14)4-6-12/h8,10,14H,3-7H2,1-2H3. The Balaban J connectivity index is 2.25. The van der Waals surface area contributed by atoms with Crippen molar-refractivity contribution in [2.45, 2.75) is 18.9 Å². The number of carbonyl (C=O) groups excluding carboxylic acids is 1. The highest BCUT2D eigenvalue weighted by Crippen LogP contribution is 2.10. The SMILES string of the molecule is CN(C)C(=O)CN1CCC(NS)CC1. The molecule has 0 aromatic heterocycles. The van der Waals surface area contributed by atoms with Gasteiger partial charge in [0.05, 0.1) is 6.54 Å². The summed E-state index contributed by atoms with van der Waals surface area (Å²) in [5.74, 6) is 0.183. The number of carbonyl (C=O) groups is 1. The Morgan fingerprint density at radius 2 is 2.07 bits per heavy atom. The lowest BCUT2D eigenvalue weighted by Crippen LogP contribution is -2.44. The van der Waals surface area contributed by atoms with Gasteiger partial charge in [0, 0.05) is 33.2 Å². The molecule has 4 nitrogen and oxygen atoms in total. The molecule has 1 saturated heterocycles. The maximum atomic E-state index is 11.4. The van der Waals surface area contributed by atoms with Gasteiger partial charge in [-0.1, -0.05) is 12.8 Å². The molecule has 1 amide bonds. The number of piperidine rings is 1. The van der Waals surface area contributed by atoms with E-state index >= 15 is 0 Å². The van der Waals surface area contributed by atoms with E-state index in [9.17, 15) is 4.79 Å². The first kappa shape index (κ1) is 11.8. The summed E-state index contributed by atoms with van der Waals surface area (Å²) < 4.78 is 2.97. The maximum Gasteiger partial charge on any atom is 0.236 e. The molecule has 0 aromatic rings. The lowest BCUT2D eigenvalue weighted by Gasteiger charge is -2.31. The van der Waals surface area contributed by atoms with Crippen molar-refractivity contribution in [3.63, 3.8) is 0 Å². The molecule has 5 heteroatoms. The van der Waals surface area contributed by atoms with E-state index in [0.717, 1.165) is 25.9 Å². The van der Waals surface area contributed by atoms with Crippen LogP contribution >= 0.6 is 12.8 Å². The number of hydrogen-bond acceptors (Lipinski definition) is 4. The molecule has 1 fully saturated rings. The van der Waals surface area contributed by atoms with E-state index in [0.29, 0.717) is 12.6 Å². The number of rotatable bonds is 3. The van der Waals surface area contributed by atoms with Crippen LogP contribution in [0, 0.1) is 0 Å². The minimum atomic E-state index is 0.183. The van der Waals surface area contributed by atoms with Crippen molar-refractivity contribution in [2.24, 2.45) is 0 Å². The average Bonchev–Trinajstić information content (AvgIpc) is 2.19. The molecule has 0 saturated carbocycles. The Kier molecular flexibility index (Phi) is 4.71. The smallest absolute Gasteiger partial charge is 0.236 e. The summed E-state index contributed by atoms with van der Waals surface area (Å²) in [6.45, 7) is 2.52. The van der Waals surface area contributed by atoms with Gasteiger partial charge in [0.25, 0.3) is 0 Å². The normalized spacial score (nSPS) is 19.6. The molecule has 1 N–H and O–H groups in total. The third-order valence-electron chi connectivity index (χ3n) is 2.63. The molecular weight excluding hydrogens is 198 g/mol. The Bertz CT molecular complexity index is 190. The predicted molar refractivity (Wildman–Crippen MR) is 60.3 cm³/mol. The molecule has 0 radical (unpaired) electrons. The zero-order valence-electron chi connectivity index (χ0n) is 8.86. The van der Waals surface area contributed by atoms with Gasteiger partial charge >= 0.3 is 0 Å². The topological polar surface area (TPSA) is 35.6 Å². The summed E-state index contributed by atoms with van der Waals surface area (Å²) in [6.07, 6.45) is 2.15. The Labute approximate surface area is 91.2 Å². The molecule has 0 aliphatic carbocycles. The quantitative estimate of drug-likeness (QED) is 0.652. The number of likely N-dealkylation sites (N-methyl/N-ethyl adjacent to an activating group) is 1. The molecule has 0 unspecified atom stereocenters. The van der Waals surface area contributed by atoms with Crippen molar-refractivity contribution in [1.29, 1.82) is 0 Å². The van der Waals surface area contributed by atoms with Gasteiger partial charge in [-0.25, -0.2) is 0 Å². The molecule has 14 heavy (non-hydrogen) atoms. The van der Waals surface area contributed by atoms with Gasteiger partial charge in [0.15, 0.2) is 0 Å². The monoisotopic (exact) mass is 217 g/mol. The second-order valence-corrected chi connectivity index (χ2v) is 4.23. The Morgan fingerprint density at radius 3 is 2.50 bits per heavy atom. The molecule has 1 heterocycles. The van der Waals surface area contributed by atoms with Gasteiger partial charge in [-0.15, -0.1) is 0 Å². The summed E-state index contributed by atoms with van der Waals surface area (Å²) in [6, 6.07) is 0.504. The number of thiol groups is 1. The number of amides is 1. The molecular formula is C9H19N3OS. The lowest BCUT2D eigenvalue weighted by molar-refractivity contribution is -0.130. The Hall–Kier alpha value is -0.260. The predicted octanol–water partition coefficient (Wildman–Crippen LogP) is -0.0266. The van der Waals surface area contributed by atoms with Gasteiger partial charge in [0.2, 0.25) is 5.91 Å². The first-order valence-electron chi connectivity index (χ1n) is 4.95. The fourth-order valence-electron chi connectivity index (χ4n) is 1.55. The second-order valence-electron chi connectivity index (χ2n) is 3.97. The minimum Gasteiger partial charge on any atom is -0.348 e. The summed E-state index contributed by atoms with van der Waals surface area (Å²) in [5, 5.41) is 0. The third kappa shape index (κ3) is 3.48. The fourth-order valence-corrected chi connectivity index (χ4v) is 1.81. The van der Waals surface area contributed by atoms with Crippen molar-refractivity contribution >= 4 is 18.7 Å². The van der Waals surface area contributed by atoms with Gasteiger partial charge in [0.1, 0.15) is 0 Å². The molecule has 0 spiro atoms. The van der Waals surface area contributed by atoms with E-state index in [-0.39, 0.29) is 5.91 Å². The zero-order chi connectivity index (χ0) is 10.6. The summed E-state index contributed by atoms with van der Waals surface area (Å²) in [5.41, 5.74) is 0. The first-order chi connectivity index (χ1) is 6.63. The molecule has 1 aliphatic heterocycles. The minimum absolute atomic E-state index is 0.183. The van der Waals surface area contributed by atoms with Crippen LogP contribution in [0.2, 0.25) is 0 Å². The largest absolute Gasteiger partial charge is 0.348 e. The Morgan fingerprint density at radius 1 is 1.50 bits per heavy atom. The summed E-state index contributed by atoms with van der Waals surface area (Å²) in [4.78, 5) is 15.3. The van der Waals surface area contributed by atoms with Crippen molar-refractivity contribution in [1.82, 2.24) is 14.5 Å².